The van der Waals surface area contributed by atoms with Crippen LogP contribution >= 0.6 is 0 Å². The minimum absolute atomic E-state index is 0.0683. The predicted molar refractivity (Wildman–Crippen MR) is 117 cm³/mol. The van der Waals surface area contributed by atoms with Gasteiger partial charge in [0, 0.05) is 44.0 Å². The van der Waals surface area contributed by atoms with Crippen LogP contribution in [-0.2, 0) is 23.2 Å². The van der Waals surface area contributed by atoms with Gasteiger partial charge in [0.1, 0.15) is 5.75 Å². The molecule has 0 spiro atoms. The molecule has 33 heavy (non-hydrogen) atoms. The van der Waals surface area contributed by atoms with Gasteiger partial charge < -0.3 is 14.6 Å². The average molecular weight is 481 g/mol. The number of methoxy groups -OCH3 is 1. The number of hydrogen-bond acceptors (Lipinski definition) is 5. The summed E-state index contributed by atoms with van der Waals surface area (Å²) in [5.74, 6) is -0.556. The van der Waals surface area contributed by atoms with Crippen LogP contribution in [0.5, 0.6) is 5.75 Å². The molecule has 2 atom stereocenters. The number of hydrogen-bond donors (Lipinski definition) is 1. The van der Waals surface area contributed by atoms with Gasteiger partial charge in [-0.25, -0.2) is 13.4 Å². The smallest absolute Gasteiger partial charge is 0.420 e. The molecule has 3 aromatic rings. The number of nitrogens with zero attached hydrogens (tertiary/aromatic N) is 3. The quantitative estimate of drug-likeness (QED) is 0.582. The molecule has 4 rings (SSSR count). The largest absolute Gasteiger partial charge is 0.496 e. The summed E-state index contributed by atoms with van der Waals surface area (Å²) in [5.41, 5.74) is 0.214. The van der Waals surface area contributed by atoms with Gasteiger partial charge in [0.15, 0.2) is 5.03 Å². The molecule has 0 aliphatic carbocycles. The monoisotopic (exact) mass is 480 g/mol. The summed E-state index contributed by atoms with van der Waals surface area (Å²) < 4.78 is 74.4. The summed E-state index contributed by atoms with van der Waals surface area (Å²) >= 11 is 0. The summed E-state index contributed by atoms with van der Waals surface area (Å²) in [5, 5.41) is 3.06. The van der Waals surface area contributed by atoms with Gasteiger partial charge in [0.25, 0.3) is 10.0 Å². The van der Waals surface area contributed by atoms with Crippen LogP contribution in [0, 0.1) is 0 Å². The van der Waals surface area contributed by atoms with E-state index in [1.165, 1.54) is 36.1 Å². The van der Waals surface area contributed by atoms with E-state index in [4.69, 9.17) is 4.74 Å². The third-order valence-electron chi connectivity index (χ3n) is 5.66. The Labute approximate surface area is 189 Å². The number of imidazole rings is 1. The predicted octanol–water partition coefficient (Wildman–Crippen LogP) is 3.72. The van der Waals surface area contributed by atoms with Crippen LogP contribution in [0.2, 0.25) is 0 Å². The van der Waals surface area contributed by atoms with Gasteiger partial charge >= 0.3 is 6.18 Å². The molecule has 1 N–H and O–H groups in total. The van der Waals surface area contributed by atoms with E-state index in [1.54, 1.807) is 11.6 Å². The lowest BCUT2D eigenvalue weighted by atomic mass is 9.94. The average Bonchev–Trinajstić information content (AvgIpc) is 3.41. The lowest BCUT2D eigenvalue weighted by Crippen LogP contribution is -2.32. The highest BCUT2D eigenvalue weighted by Gasteiger charge is 2.41. The Bertz CT molecular complexity index is 1230. The molecule has 2 aromatic carbocycles. The summed E-state index contributed by atoms with van der Waals surface area (Å²) in [7, 11) is -1.01. The van der Waals surface area contributed by atoms with Crippen molar-refractivity contribution >= 4 is 15.7 Å². The van der Waals surface area contributed by atoms with Crippen LogP contribution in [0.25, 0.3) is 0 Å². The molecular weight excluding hydrogens is 457 g/mol. The van der Waals surface area contributed by atoms with Gasteiger partial charge in [-0.3, -0.25) is 0 Å². The topological polar surface area (TPSA) is 76.5 Å². The Kier molecular flexibility index (Phi) is 6.10. The Morgan fingerprint density at radius 2 is 1.85 bits per heavy atom. The Hall–Kier alpha value is -3.05. The molecule has 1 saturated heterocycles. The van der Waals surface area contributed by atoms with E-state index in [2.05, 4.69) is 10.3 Å². The number of ether oxygens (including phenoxy) is 1. The van der Waals surface area contributed by atoms with Crippen molar-refractivity contribution in [1.29, 1.82) is 0 Å². The zero-order chi connectivity index (χ0) is 23.8. The van der Waals surface area contributed by atoms with E-state index >= 15 is 0 Å². The Morgan fingerprint density at radius 3 is 2.45 bits per heavy atom. The Morgan fingerprint density at radius 1 is 1.12 bits per heavy atom. The molecule has 0 saturated carbocycles. The highest BCUT2D eigenvalue weighted by molar-refractivity contribution is 7.89. The van der Waals surface area contributed by atoms with Crippen molar-refractivity contribution in [2.75, 3.05) is 25.5 Å². The number of alkyl halides is 3. The fourth-order valence-electron chi connectivity index (χ4n) is 4.04. The van der Waals surface area contributed by atoms with E-state index in [1.807, 2.05) is 30.3 Å². The fraction of sp³-hybridized carbons (Fsp3) is 0.318. The summed E-state index contributed by atoms with van der Waals surface area (Å²) in [6.45, 7) is 0.245. The van der Waals surface area contributed by atoms with Crippen molar-refractivity contribution < 1.29 is 26.3 Å². The van der Waals surface area contributed by atoms with Crippen LogP contribution in [0.3, 0.4) is 0 Å². The first-order chi connectivity index (χ1) is 15.6. The maximum Gasteiger partial charge on any atom is 0.420 e. The second-order valence-electron chi connectivity index (χ2n) is 7.88. The van der Waals surface area contributed by atoms with Crippen molar-refractivity contribution in [3.8, 4) is 5.75 Å². The molecule has 7 nitrogen and oxygen atoms in total. The van der Waals surface area contributed by atoms with Crippen LogP contribution in [0.1, 0.15) is 17.0 Å². The van der Waals surface area contributed by atoms with Crippen LogP contribution < -0.4 is 10.1 Å². The summed E-state index contributed by atoms with van der Waals surface area (Å²) in [6, 6.07) is 12.6. The molecule has 1 fully saturated rings. The maximum absolute atomic E-state index is 13.5. The number of rotatable bonds is 6. The zero-order valence-corrected chi connectivity index (χ0v) is 18.8. The first-order valence-corrected chi connectivity index (χ1v) is 11.6. The first kappa shape index (κ1) is 23.1. The standard InChI is InChI=1S/C22H23F3N4O3S/c1-28-13-21(26-14-28)33(30,31)29-11-17(15-6-4-3-5-7-15)19(12-29)27-16-8-9-20(32-2)18(10-16)22(23,24)25/h3-10,13-14,17,19,27H,11-12H2,1-2H3/t17-,19+/m1/s1. The van der Waals surface area contributed by atoms with Crippen molar-refractivity contribution in [1.82, 2.24) is 13.9 Å². The molecule has 2 heterocycles. The molecule has 0 radical (unpaired) electrons. The van der Waals surface area contributed by atoms with Crippen LogP contribution in [0.4, 0.5) is 18.9 Å². The van der Waals surface area contributed by atoms with E-state index < -0.39 is 27.8 Å². The summed E-state index contributed by atoms with van der Waals surface area (Å²) in [6.07, 6.45) is -1.76. The van der Waals surface area contributed by atoms with Gasteiger partial charge in [-0.2, -0.15) is 17.5 Å². The van der Waals surface area contributed by atoms with E-state index in [-0.39, 0.29) is 35.5 Å². The molecule has 1 aliphatic heterocycles. The minimum Gasteiger partial charge on any atom is -0.496 e. The highest BCUT2D eigenvalue weighted by atomic mass is 32.2. The molecule has 1 aliphatic rings. The third kappa shape index (κ3) is 4.69. The number of nitrogens with one attached hydrogen (secondary N) is 1. The van der Waals surface area contributed by atoms with Crippen molar-refractivity contribution in [2.45, 2.75) is 23.2 Å². The number of benzene rings is 2. The summed E-state index contributed by atoms with van der Waals surface area (Å²) in [4.78, 5) is 3.97. The molecule has 1 aromatic heterocycles. The second-order valence-corrected chi connectivity index (χ2v) is 9.77. The van der Waals surface area contributed by atoms with Crippen molar-refractivity contribution in [3.63, 3.8) is 0 Å². The van der Waals surface area contributed by atoms with Gasteiger partial charge in [-0.05, 0) is 23.8 Å². The SMILES string of the molecule is COc1ccc(N[C@H]2CN(S(=O)(=O)c3cn(C)cn3)C[C@@H]2c2ccccc2)cc1C(F)(F)F. The normalized spacial score (nSPS) is 19.5. The Balaban J connectivity index is 1.67. The van der Waals surface area contributed by atoms with Gasteiger partial charge in [0.2, 0.25) is 0 Å². The van der Waals surface area contributed by atoms with Crippen molar-refractivity contribution in [3.05, 3.63) is 72.2 Å². The lowest BCUT2D eigenvalue weighted by molar-refractivity contribution is -0.138. The number of aryl methyl sites for hydroxylation is 1. The van der Waals surface area contributed by atoms with E-state index in [0.29, 0.717) is 0 Å². The van der Waals surface area contributed by atoms with Crippen LogP contribution in [-0.4, -0.2) is 48.5 Å². The highest BCUT2D eigenvalue weighted by Crippen LogP contribution is 2.39. The fourth-order valence-corrected chi connectivity index (χ4v) is 5.49. The van der Waals surface area contributed by atoms with Gasteiger partial charge in [0.05, 0.1) is 19.0 Å². The lowest BCUT2D eigenvalue weighted by Gasteiger charge is -2.22. The molecule has 11 heteroatoms. The second kappa shape index (κ2) is 8.71. The maximum atomic E-state index is 13.5. The number of anilines is 1. The molecular formula is C22H23F3N4O3S. The van der Waals surface area contributed by atoms with E-state index in [9.17, 15) is 21.6 Å². The number of aromatic nitrogens is 2. The molecule has 176 valence electrons. The van der Waals surface area contributed by atoms with Crippen LogP contribution in [0.15, 0.2) is 66.1 Å². The third-order valence-corrected chi connectivity index (χ3v) is 7.37. The van der Waals surface area contributed by atoms with E-state index in [0.717, 1.165) is 11.6 Å². The molecule has 0 bridgehead atoms. The van der Waals surface area contributed by atoms with Crippen molar-refractivity contribution in [2.24, 2.45) is 7.05 Å². The van der Waals surface area contributed by atoms with Gasteiger partial charge in [-0.1, -0.05) is 30.3 Å². The minimum atomic E-state index is -4.59. The molecule has 0 unspecified atom stereocenters. The van der Waals surface area contributed by atoms with Gasteiger partial charge in [-0.15, -0.1) is 0 Å². The molecule has 0 amide bonds. The first-order valence-electron chi connectivity index (χ1n) is 10.1. The number of halogens is 3. The number of sulfonamides is 1. The zero-order valence-electron chi connectivity index (χ0n) is 18.0.